The van der Waals surface area contributed by atoms with Crippen LogP contribution < -0.4 is 4.90 Å². The summed E-state index contributed by atoms with van der Waals surface area (Å²) < 4.78 is 78.8. The zero-order chi connectivity index (χ0) is 24.1. The van der Waals surface area contributed by atoms with Crippen LogP contribution in [0, 0.1) is 12.8 Å². The van der Waals surface area contributed by atoms with Gasteiger partial charge < -0.3 is 9.80 Å². The van der Waals surface area contributed by atoms with Gasteiger partial charge in [0, 0.05) is 42.8 Å². The molecule has 2 atom stereocenters. The second-order valence-electron chi connectivity index (χ2n) is 8.53. The van der Waals surface area contributed by atoms with E-state index in [1.54, 1.807) is 11.0 Å². The largest absolute Gasteiger partial charge is 0.416 e. The predicted octanol–water partition coefficient (Wildman–Crippen LogP) is 6.14. The summed E-state index contributed by atoms with van der Waals surface area (Å²) in [7, 11) is 0. The molecule has 1 saturated heterocycles. The second kappa shape index (κ2) is 8.42. The van der Waals surface area contributed by atoms with Gasteiger partial charge in [-0.3, -0.25) is 4.79 Å². The van der Waals surface area contributed by atoms with Crippen molar-refractivity contribution in [2.45, 2.75) is 31.6 Å². The van der Waals surface area contributed by atoms with Crippen LogP contribution in [0.5, 0.6) is 0 Å². The molecule has 1 heterocycles. The van der Waals surface area contributed by atoms with Crippen LogP contribution in [-0.2, 0) is 17.1 Å². The number of carbonyl (C=O) groups is 1. The van der Waals surface area contributed by atoms with Gasteiger partial charge in [0.2, 0.25) is 5.91 Å². The molecule has 10 heteroatoms. The Bertz CT molecular complexity index is 1030. The van der Waals surface area contributed by atoms with Crippen LogP contribution >= 0.6 is 11.6 Å². The average molecular weight is 491 g/mol. The lowest BCUT2D eigenvalue weighted by molar-refractivity contribution is -0.143. The van der Waals surface area contributed by atoms with E-state index in [2.05, 4.69) is 4.90 Å². The molecule has 0 N–H and O–H groups in total. The lowest BCUT2D eigenvalue weighted by atomic mass is 10.0. The minimum Gasteiger partial charge on any atom is -0.368 e. The zero-order valence-electron chi connectivity index (χ0n) is 17.6. The highest BCUT2D eigenvalue weighted by atomic mass is 35.5. The summed E-state index contributed by atoms with van der Waals surface area (Å²) in [4.78, 5) is 16.7. The molecule has 0 aromatic heterocycles. The summed E-state index contributed by atoms with van der Waals surface area (Å²) in [5.41, 5.74) is -0.774. The first-order chi connectivity index (χ1) is 15.3. The highest BCUT2D eigenvalue weighted by Gasteiger charge is 2.48. The number of alkyl halides is 6. The smallest absolute Gasteiger partial charge is 0.368 e. The maximum Gasteiger partial charge on any atom is 0.416 e. The normalized spacial score (nSPS) is 21.3. The fourth-order valence-corrected chi connectivity index (χ4v) is 4.52. The molecule has 0 unspecified atom stereocenters. The number of hydrogen-bond acceptors (Lipinski definition) is 2. The van der Waals surface area contributed by atoms with Crippen LogP contribution in [0.1, 0.15) is 34.6 Å². The molecule has 178 valence electrons. The van der Waals surface area contributed by atoms with Gasteiger partial charge in [-0.25, -0.2) is 0 Å². The number of benzene rings is 2. The molecule has 0 radical (unpaired) electrons. The number of hydrogen-bond donors (Lipinski definition) is 0. The highest BCUT2D eigenvalue weighted by molar-refractivity contribution is 6.30. The van der Waals surface area contributed by atoms with E-state index in [0.29, 0.717) is 31.2 Å². The summed E-state index contributed by atoms with van der Waals surface area (Å²) in [6, 6.07) is 7.14. The van der Waals surface area contributed by atoms with Crippen molar-refractivity contribution in [2.24, 2.45) is 5.92 Å². The molecule has 1 aliphatic heterocycles. The number of anilines is 1. The molecule has 33 heavy (non-hydrogen) atoms. The fraction of sp³-hybridized carbons (Fsp3) is 0.435. The quantitative estimate of drug-likeness (QED) is 0.483. The van der Waals surface area contributed by atoms with Gasteiger partial charge >= 0.3 is 12.4 Å². The maximum atomic E-state index is 13.1. The predicted molar refractivity (Wildman–Crippen MR) is 112 cm³/mol. The van der Waals surface area contributed by atoms with E-state index in [1.165, 1.54) is 0 Å². The van der Waals surface area contributed by atoms with Crippen molar-refractivity contribution in [3.8, 4) is 0 Å². The van der Waals surface area contributed by atoms with E-state index < -0.39 is 35.3 Å². The number of carbonyl (C=O) groups excluding carboxylic acids is 1. The van der Waals surface area contributed by atoms with E-state index in [0.717, 1.165) is 23.4 Å². The van der Waals surface area contributed by atoms with Gasteiger partial charge in [-0.05, 0) is 60.7 Å². The Morgan fingerprint density at radius 3 is 2.03 bits per heavy atom. The molecule has 2 aromatic carbocycles. The topological polar surface area (TPSA) is 23.6 Å². The first-order valence-corrected chi connectivity index (χ1v) is 10.8. The Labute approximate surface area is 191 Å². The fourth-order valence-electron chi connectivity index (χ4n) is 4.35. The van der Waals surface area contributed by atoms with E-state index in [-0.39, 0.29) is 24.0 Å². The van der Waals surface area contributed by atoms with E-state index in [4.69, 9.17) is 11.6 Å². The number of aryl methyl sites for hydroxylation is 1. The monoisotopic (exact) mass is 490 g/mol. The zero-order valence-corrected chi connectivity index (χ0v) is 18.4. The molecule has 2 fully saturated rings. The standard InChI is InChI=1S/C23H21ClF6N2O/c1-13-2-3-17(24)11-20(13)31-4-6-32(7-5-31)21(33)19-12-18(19)14-8-15(22(25,26)27)10-16(9-14)23(28,29)30/h2-3,8-11,18-19H,4-7,12H2,1H3/t18-,19-/m0/s1. The molecule has 3 nitrogen and oxygen atoms in total. The van der Waals surface area contributed by atoms with Crippen molar-refractivity contribution in [1.82, 2.24) is 4.90 Å². The first kappa shape index (κ1) is 23.7. The van der Waals surface area contributed by atoms with Crippen molar-refractivity contribution in [3.63, 3.8) is 0 Å². The van der Waals surface area contributed by atoms with Gasteiger partial charge in [-0.1, -0.05) is 17.7 Å². The van der Waals surface area contributed by atoms with Crippen LogP contribution in [0.15, 0.2) is 36.4 Å². The first-order valence-electron chi connectivity index (χ1n) is 10.4. The summed E-state index contributed by atoms with van der Waals surface area (Å²) >= 11 is 6.09. The van der Waals surface area contributed by atoms with Gasteiger partial charge in [-0.15, -0.1) is 0 Å². The molecule has 1 aliphatic carbocycles. The summed E-state index contributed by atoms with van der Waals surface area (Å²) in [6.07, 6.45) is -9.57. The molecule has 4 rings (SSSR count). The molecule has 2 aromatic rings. The summed E-state index contributed by atoms with van der Waals surface area (Å²) in [5, 5.41) is 0.606. The lowest BCUT2D eigenvalue weighted by Gasteiger charge is -2.37. The summed E-state index contributed by atoms with van der Waals surface area (Å²) in [5.74, 6) is -1.48. The van der Waals surface area contributed by atoms with Gasteiger partial charge in [0.05, 0.1) is 11.1 Å². The van der Waals surface area contributed by atoms with Crippen molar-refractivity contribution in [1.29, 1.82) is 0 Å². The number of amides is 1. The lowest BCUT2D eigenvalue weighted by Crippen LogP contribution is -2.49. The second-order valence-corrected chi connectivity index (χ2v) is 8.97. The van der Waals surface area contributed by atoms with Crippen LogP contribution in [0.3, 0.4) is 0 Å². The molecule has 1 amide bonds. The van der Waals surface area contributed by atoms with Gasteiger partial charge in [0.25, 0.3) is 0 Å². The van der Waals surface area contributed by atoms with Crippen molar-refractivity contribution in [2.75, 3.05) is 31.1 Å². The maximum absolute atomic E-state index is 13.1. The van der Waals surface area contributed by atoms with Crippen LogP contribution in [0.2, 0.25) is 5.02 Å². The van der Waals surface area contributed by atoms with Gasteiger partial charge in [0.1, 0.15) is 0 Å². The van der Waals surface area contributed by atoms with Crippen molar-refractivity contribution >= 4 is 23.2 Å². The van der Waals surface area contributed by atoms with Gasteiger partial charge in [-0.2, -0.15) is 26.3 Å². The molecule has 2 aliphatic rings. The Balaban J connectivity index is 1.45. The molecular weight excluding hydrogens is 470 g/mol. The molecule has 0 bridgehead atoms. The Kier molecular flexibility index (Phi) is 6.05. The third-order valence-corrected chi connectivity index (χ3v) is 6.48. The van der Waals surface area contributed by atoms with Crippen LogP contribution in [-0.4, -0.2) is 37.0 Å². The number of rotatable bonds is 3. The number of piperazine rings is 1. The minimum absolute atomic E-state index is 0.0938. The Morgan fingerprint density at radius 2 is 1.48 bits per heavy atom. The third-order valence-electron chi connectivity index (χ3n) is 6.25. The highest BCUT2D eigenvalue weighted by Crippen LogP contribution is 2.50. The Morgan fingerprint density at radius 1 is 0.909 bits per heavy atom. The van der Waals surface area contributed by atoms with E-state index in [1.807, 2.05) is 19.1 Å². The van der Waals surface area contributed by atoms with Gasteiger partial charge in [0.15, 0.2) is 0 Å². The summed E-state index contributed by atoms with van der Waals surface area (Å²) in [6.45, 7) is 3.93. The van der Waals surface area contributed by atoms with Crippen molar-refractivity contribution < 1.29 is 31.1 Å². The number of nitrogens with zero attached hydrogens (tertiary/aromatic N) is 2. The average Bonchev–Trinajstić information content (AvgIpc) is 3.54. The SMILES string of the molecule is Cc1ccc(Cl)cc1N1CCN(C(=O)[C@H]2C[C@H]2c2cc(C(F)(F)F)cc(C(F)(F)F)c2)CC1. The van der Waals surface area contributed by atoms with E-state index in [9.17, 15) is 31.1 Å². The minimum atomic E-state index is -4.90. The molecule has 0 spiro atoms. The Hall–Kier alpha value is -2.42. The van der Waals surface area contributed by atoms with Crippen LogP contribution in [0.4, 0.5) is 32.0 Å². The van der Waals surface area contributed by atoms with E-state index >= 15 is 0 Å². The van der Waals surface area contributed by atoms with Crippen LogP contribution in [0.25, 0.3) is 0 Å². The molecule has 1 saturated carbocycles. The van der Waals surface area contributed by atoms with Crippen molar-refractivity contribution in [3.05, 3.63) is 63.7 Å². The molecular formula is C23H21ClF6N2O. The third kappa shape index (κ3) is 5.08. The number of halogens is 7.